The van der Waals surface area contributed by atoms with Gasteiger partial charge in [0.1, 0.15) is 0 Å². The first kappa shape index (κ1) is 14.4. The lowest BCUT2D eigenvalue weighted by Crippen LogP contribution is -2.08. The minimum absolute atomic E-state index is 0.713. The molecule has 0 aliphatic rings. The van der Waals surface area contributed by atoms with Gasteiger partial charge >= 0.3 is 0 Å². The van der Waals surface area contributed by atoms with Gasteiger partial charge in [-0.25, -0.2) is 0 Å². The van der Waals surface area contributed by atoms with Gasteiger partial charge in [-0.2, -0.15) is 0 Å². The first-order chi connectivity index (χ1) is 5.62. The second kappa shape index (κ2) is 10.9. The predicted octanol–water partition coefficient (Wildman–Crippen LogP) is 1.98. The van der Waals surface area contributed by atoms with E-state index < -0.39 is 0 Å². The van der Waals surface area contributed by atoms with Crippen molar-refractivity contribution in [3.8, 4) is 0 Å². The first-order valence-corrected chi connectivity index (χ1v) is 5.02. The smallest absolute Gasteiger partial charge is 0.00516 e. The van der Waals surface area contributed by atoms with Crippen LogP contribution in [-0.2, 0) is 0 Å². The number of nitrogens with two attached hydrogens (primary N) is 2. The molecule has 0 amide bonds. The van der Waals surface area contributed by atoms with Gasteiger partial charge in [0.05, 0.1) is 0 Å². The zero-order valence-corrected chi connectivity index (χ0v) is 9.14. The van der Waals surface area contributed by atoms with Crippen LogP contribution in [0.1, 0.15) is 40.5 Å². The van der Waals surface area contributed by atoms with Crippen molar-refractivity contribution in [3.63, 3.8) is 0 Å². The summed E-state index contributed by atoms with van der Waals surface area (Å²) in [6, 6.07) is 0. The summed E-state index contributed by atoms with van der Waals surface area (Å²) >= 11 is 0. The van der Waals surface area contributed by atoms with Crippen molar-refractivity contribution in [1.29, 1.82) is 0 Å². The maximum atomic E-state index is 5.28. The van der Waals surface area contributed by atoms with E-state index >= 15 is 0 Å². The fourth-order valence-electron chi connectivity index (χ4n) is 0.333. The molecule has 0 aromatic carbocycles. The van der Waals surface area contributed by atoms with E-state index in [4.69, 9.17) is 11.5 Å². The molecule has 0 aromatic rings. The highest BCUT2D eigenvalue weighted by Crippen LogP contribution is 1.94. The topological polar surface area (TPSA) is 52.0 Å². The number of hydrogen-bond donors (Lipinski definition) is 2. The number of rotatable bonds is 4. The maximum Gasteiger partial charge on any atom is -0.00516 e. The minimum atomic E-state index is 0.713. The molecule has 0 saturated carbocycles. The fraction of sp³-hybridized carbons (Fsp3) is 1.00. The summed E-state index contributed by atoms with van der Waals surface area (Å²) in [5.74, 6) is 1.43. The Bertz CT molecular complexity index is 56.2. The highest BCUT2D eigenvalue weighted by molar-refractivity contribution is 4.46. The second-order valence-electron chi connectivity index (χ2n) is 3.50. The lowest BCUT2D eigenvalue weighted by atomic mass is 10.1. The molecule has 12 heavy (non-hydrogen) atoms. The zero-order valence-electron chi connectivity index (χ0n) is 9.14. The molecule has 0 saturated heterocycles. The molecular formula is C10H26N2. The third-order valence-electron chi connectivity index (χ3n) is 2.20. The molecule has 0 aliphatic heterocycles. The average molecular weight is 174 g/mol. The lowest BCUT2D eigenvalue weighted by molar-refractivity contribution is 0.575. The molecular weight excluding hydrogens is 148 g/mol. The van der Waals surface area contributed by atoms with Crippen molar-refractivity contribution in [2.75, 3.05) is 13.1 Å². The Morgan fingerprint density at radius 1 is 0.833 bits per heavy atom. The van der Waals surface area contributed by atoms with Crippen LogP contribution < -0.4 is 11.5 Å². The molecule has 2 atom stereocenters. The van der Waals surface area contributed by atoms with Crippen LogP contribution in [0, 0.1) is 11.8 Å². The molecule has 0 bridgehead atoms. The normalized spacial score (nSPS) is 14.5. The third-order valence-corrected chi connectivity index (χ3v) is 2.20. The van der Waals surface area contributed by atoms with Crippen LogP contribution in [0.4, 0.5) is 0 Å². The molecule has 2 unspecified atom stereocenters. The van der Waals surface area contributed by atoms with Gasteiger partial charge in [0.15, 0.2) is 0 Å². The Kier molecular flexibility index (Phi) is 13.1. The molecule has 76 valence electrons. The largest absolute Gasteiger partial charge is 0.330 e. The Balaban J connectivity index is 0. The van der Waals surface area contributed by atoms with E-state index in [0.717, 1.165) is 13.1 Å². The van der Waals surface area contributed by atoms with Crippen LogP contribution in [0.2, 0.25) is 0 Å². The molecule has 0 heterocycles. The predicted molar refractivity (Wildman–Crippen MR) is 57.0 cm³/mol. The van der Waals surface area contributed by atoms with E-state index in [-0.39, 0.29) is 0 Å². The lowest BCUT2D eigenvalue weighted by Gasteiger charge is -1.98. The Labute approximate surface area is 77.7 Å². The molecule has 2 heteroatoms. The van der Waals surface area contributed by atoms with Crippen molar-refractivity contribution < 1.29 is 0 Å². The second-order valence-corrected chi connectivity index (χ2v) is 3.50. The van der Waals surface area contributed by atoms with Crippen LogP contribution in [0.15, 0.2) is 0 Å². The molecule has 4 N–H and O–H groups in total. The van der Waals surface area contributed by atoms with Gasteiger partial charge in [-0.15, -0.1) is 0 Å². The van der Waals surface area contributed by atoms with E-state index in [1.54, 1.807) is 0 Å². The van der Waals surface area contributed by atoms with E-state index in [9.17, 15) is 0 Å². The monoisotopic (exact) mass is 174 g/mol. The van der Waals surface area contributed by atoms with E-state index in [0.29, 0.717) is 11.8 Å². The van der Waals surface area contributed by atoms with E-state index in [1.807, 2.05) is 0 Å². The van der Waals surface area contributed by atoms with Gasteiger partial charge in [0.25, 0.3) is 0 Å². The molecule has 0 radical (unpaired) electrons. The molecule has 2 nitrogen and oxygen atoms in total. The summed E-state index contributed by atoms with van der Waals surface area (Å²) < 4.78 is 0. The van der Waals surface area contributed by atoms with Crippen LogP contribution in [0.3, 0.4) is 0 Å². The van der Waals surface area contributed by atoms with Gasteiger partial charge < -0.3 is 11.5 Å². The van der Waals surface area contributed by atoms with Crippen LogP contribution in [0.5, 0.6) is 0 Å². The molecule has 0 aromatic heterocycles. The summed E-state index contributed by atoms with van der Waals surface area (Å²) in [4.78, 5) is 0. The molecule has 0 fully saturated rings. The quantitative estimate of drug-likeness (QED) is 0.684. The van der Waals surface area contributed by atoms with Crippen molar-refractivity contribution >= 4 is 0 Å². The standard InChI is InChI=1S/2C5H13N/c2*1-3-5(2)4-6/h2*5H,3-4,6H2,1-2H3. The third kappa shape index (κ3) is 12.6. The fourth-order valence-corrected chi connectivity index (χ4v) is 0.333. The highest BCUT2D eigenvalue weighted by Gasteiger charge is 1.89. The van der Waals surface area contributed by atoms with Crippen molar-refractivity contribution in [3.05, 3.63) is 0 Å². The molecule has 0 spiro atoms. The Hall–Kier alpha value is -0.0800. The van der Waals surface area contributed by atoms with E-state index in [1.165, 1.54) is 12.8 Å². The number of hydrogen-bond acceptors (Lipinski definition) is 2. The van der Waals surface area contributed by atoms with Gasteiger partial charge in [0, 0.05) is 0 Å². The van der Waals surface area contributed by atoms with E-state index in [2.05, 4.69) is 27.7 Å². The van der Waals surface area contributed by atoms with Crippen molar-refractivity contribution in [1.82, 2.24) is 0 Å². The summed E-state index contributed by atoms with van der Waals surface area (Å²) in [5.41, 5.74) is 10.6. The van der Waals surface area contributed by atoms with Gasteiger partial charge in [0.2, 0.25) is 0 Å². The van der Waals surface area contributed by atoms with Crippen LogP contribution in [0.25, 0.3) is 0 Å². The Morgan fingerprint density at radius 2 is 1.08 bits per heavy atom. The first-order valence-electron chi connectivity index (χ1n) is 5.02. The molecule has 0 rings (SSSR count). The van der Waals surface area contributed by atoms with Crippen LogP contribution in [-0.4, -0.2) is 13.1 Å². The maximum absolute atomic E-state index is 5.28. The highest BCUT2D eigenvalue weighted by atomic mass is 14.5. The minimum Gasteiger partial charge on any atom is -0.330 e. The van der Waals surface area contributed by atoms with Gasteiger partial charge in [-0.3, -0.25) is 0 Å². The summed E-state index contributed by atoms with van der Waals surface area (Å²) in [5, 5.41) is 0. The summed E-state index contributed by atoms with van der Waals surface area (Å²) in [7, 11) is 0. The van der Waals surface area contributed by atoms with Gasteiger partial charge in [-0.05, 0) is 24.9 Å². The zero-order chi connectivity index (χ0) is 9.98. The summed E-state index contributed by atoms with van der Waals surface area (Å²) in [6.45, 7) is 10.3. The Morgan fingerprint density at radius 3 is 1.08 bits per heavy atom. The van der Waals surface area contributed by atoms with Gasteiger partial charge in [-0.1, -0.05) is 40.5 Å². The SMILES string of the molecule is CCC(C)CN.CCC(C)CN. The van der Waals surface area contributed by atoms with Crippen molar-refractivity contribution in [2.24, 2.45) is 23.3 Å². The molecule has 0 aliphatic carbocycles. The summed E-state index contributed by atoms with van der Waals surface area (Å²) in [6.07, 6.45) is 2.41. The van der Waals surface area contributed by atoms with Crippen molar-refractivity contribution in [2.45, 2.75) is 40.5 Å². The average Bonchev–Trinajstić information content (AvgIpc) is 2.16. The van der Waals surface area contributed by atoms with Crippen LogP contribution >= 0.6 is 0 Å².